The number of carbonyl (C=O) groups excluding carboxylic acids is 2. The van der Waals surface area contributed by atoms with Crippen LogP contribution in [0.2, 0.25) is 0 Å². The third-order valence-electron chi connectivity index (χ3n) is 7.92. The van der Waals surface area contributed by atoms with Crippen molar-refractivity contribution in [2.24, 2.45) is 21.7 Å². The lowest BCUT2D eigenvalue weighted by atomic mass is 10.0. The first-order chi connectivity index (χ1) is 31.6. The van der Waals surface area contributed by atoms with Gasteiger partial charge in [0, 0.05) is 54.1 Å². The predicted octanol–water partition coefficient (Wildman–Crippen LogP) is 19.0. The van der Waals surface area contributed by atoms with E-state index >= 15 is 0 Å². The van der Waals surface area contributed by atoms with Crippen molar-refractivity contribution in [3.63, 3.8) is 0 Å². The van der Waals surface area contributed by atoms with Gasteiger partial charge in [0.1, 0.15) is 0 Å². The molecule has 408 valence electrons. The summed E-state index contributed by atoms with van der Waals surface area (Å²) in [5.41, 5.74) is 4.27. The van der Waals surface area contributed by atoms with Gasteiger partial charge in [0.05, 0.1) is 18.0 Å². The Morgan fingerprint density at radius 1 is 0.443 bits per heavy atom. The molecule has 3 fully saturated rings. The third kappa shape index (κ3) is 67.1. The van der Waals surface area contributed by atoms with Gasteiger partial charge in [-0.15, -0.1) is 11.3 Å². The van der Waals surface area contributed by atoms with Crippen LogP contribution in [-0.4, -0.2) is 74.3 Å². The lowest BCUT2D eigenvalue weighted by Gasteiger charge is -2.38. The van der Waals surface area contributed by atoms with Gasteiger partial charge in [-0.05, 0) is 158 Å². The smallest absolute Gasteiger partial charge is 0.223 e. The Bertz CT molecular complexity index is 1430. The number of amides is 2. The van der Waals surface area contributed by atoms with Gasteiger partial charge in [0.15, 0.2) is 0 Å². The summed E-state index contributed by atoms with van der Waals surface area (Å²) in [6, 6.07) is 7.70. The highest BCUT2D eigenvalue weighted by Crippen LogP contribution is 2.22. The fourth-order valence-corrected chi connectivity index (χ4v) is 6.09. The van der Waals surface area contributed by atoms with Crippen molar-refractivity contribution in [1.29, 1.82) is 0 Å². The van der Waals surface area contributed by atoms with Crippen LogP contribution in [0.15, 0.2) is 93.4 Å². The third-order valence-corrected chi connectivity index (χ3v) is 9.08. The van der Waals surface area contributed by atoms with Gasteiger partial charge in [-0.1, -0.05) is 147 Å². The van der Waals surface area contributed by atoms with Crippen LogP contribution < -0.4 is 0 Å². The molecule has 0 atom stereocenters. The standard InChI is InChI=1S/C9H17NO.C8H15NO.C8H17N.C5H6.4C5H12.C4H4O.C4H4S.C3H3NS/c1-9(2,3)10-7-5-4-6-8(10)11;1-8(2,3)9-6-4-5-7(9)10;1-8(2,3)9-6-4-5-7-9;1-2-4-5-3-1;4*1-5(2,3)4;2*1-2-4-5-3-1;1-2-5-3-4-1/h4-7H2,1-3H3;4-6H2,1-3H3;4-7H2,1-3H3;1-4H,5H2;4*1-4H3;2*1-4H;1-3H. The molecule has 7 nitrogen and oxygen atoms in total. The Balaban J connectivity index is -0.000000348. The lowest BCUT2D eigenvalue weighted by molar-refractivity contribution is -0.138. The molecule has 70 heavy (non-hydrogen) atoms. The summed E-state index contributed by atoms with van der Waals surface area (Å²) in [6.07, 6.45) is 22.1. The van der Waals surface area contributed by atoms with Crippen LogP contribution in [-0.2, 0) is 9.59 Å². The minimum Gasteiger partial charge on any atom is -0.473 e. The van der Waals surface area contributed by atoms with E-state index in [0.717, 1.165) is 45.2 Å². The summed E-state index contributed by atoms with van der Waals surface area (Å²) in [4.78, 5) is 32.7. The van der Waals surface area contributed by atoms with Crippen molar-refractivity contribution in [3.05, 3.63) is 88.9 Å². The average molecular weight is 1020 g/mol. The summed E-state index contributed by atoms with van der Waals surface area (Å²) in [5.74, 6) is 0.635. The van der Waals surface area contributed by atoms with E-state index in [4.69, 9.17) is 0 Å². The van der Waals surface area contributed by atoms with E-state index in [9.17, 15) is 9.59 Å². The number of aromatic nitrogens is 1. The van der Waals surface area contributed by atoms with Crippen LogP contribution in [0.1, 0.15) is 224 Å². The first-order valence-electron chi connectivity index (χ1n) is 26.1. The Kier molecular flexibility index (Phi) is 40.5. The van der Waals surface area contributed by atoms with Gasteiger partial charge in [-0.2, -0.15) is 11.3 Å². The van der Waals surface area contributed by atoms with E-state index in [1.807, 2.05) is 50.2 Å². The van der Waals surface area contributed by atoms with Crippen molar-refractivity contribution >= 4 is 34.5 Å². The van der Waals surface area contributed by atoms with Crippen LogP contribution in [0.5, 0.6) is 0 Å². The van der Waals surface area contributed by atoms with Crippen LogP contribution in [0, 0.1) is 21.7 Å². The van der Waals surface area contributed by atoms with Gasteiger partial charge in [-0.25, -0.2) is 0 Å². The highest BCUT2D eigenvalue weighted by atomic mass is 32.1. The number of piperidine rings is 1. The van der Waals surface area contributed by atoms with Gasteiger partial charge in [0.25, 0.3) is 0 Å². The largest absolute Gasteiger partial charge is 0.473 e. The molecule has 7 rings (SSSR count). The van der Waals surface area contributed by atoms with Crippen LogP contribution in [0.4, 0.5) is 0 Å². The Hall–Kier alpha value is -3.01. The van der Waals surface area contributed by atoms with Crippen molar-refractivity contribution < 1.29 is 14.0 Å². The molecule has 0 aromatic carbocycles. The predicted molar refractivity (Wildman–Crippen MR) is 315 cm³/mol. The quantitative estimate of drug-likeness (QED) is 0.224. The maximum absolute atomic E-state index is 11.4. The molecule has 0 unspecified atom stereocenters. The monoisotopic (exact) mass is 1010 g/mol. The minimum absolute atomic E-state index is 0.0253. The summed E-state index contributed by atoms with van der Waals surface area (Å²) in [5, 5.41) is 6.01. The maximum Gasteiger partial charge on any atom is 0.223 e. The SMILES string of the molecule is C1=CCC=C1.CC(C)(C)C.CC(C)(C)C.CC(C)(C)C.CC(C)(C)C.CC(C)(C)N1CCCC1.CC(C)(C)N1CCCC1=O.CC(C)(C)N1CCCCC1=O.c1ccoc1.c1ccsc1.c1cscn1. The lowest BCUT2D eigenvalue weighted by Crippen LogP contribution is -2.47. The van der Waals surface area contributed by atoms with Gasteiger partial charge in [-0.3, -0.25) is 19.5 Å². The summed E-state index contributed by atoms with van der Waals surface area (Å²) in [6.45, 7) is 58.9. The number of nitrogens with zero attached hydrogens (tertiary/aromatic N) is 4. The molecule has 2 amide bonds. The highest BCUT2D eigenvalue weighted by Gasteiger charge is 2.30. The molecule has 0 bridgehead atoms. The first-order valence-corrected chi connectivity index (χ1v) is 28.0. The maximum atomic E-state index is 11.4. The van der Waals surface area contributed by atoms with E-state index in [-0.39, 0.29) is 11.1 Å². The molecule has 4 aliphatic rings. The van der Waals surface area contributed by atoms with Crippen molar-refractivity contribution in [2.75, 3.05) is 26.2 Å². The summed E-state index contributed by atoms with van der Waals surface area (Å²) in [7, 11) is 0. The Morgan fingerprint density at radius 3 is 0.971 bits per heavy atom. The zero-order valence-electron chi connectivity index (χ0n) is 50.5. The van der Waals surface area contributed by atoms with Crippen molar-refractivity contribution in [1.82, 2.24) is 19.7 Å². The average Bonchev–Trinajstić information content (AvgIpc) is 4.04. The number of rotatable bonds is 0. The van der Waals surface area contributed by atoms with Crippen LogP contribution in [0.3, 0.4) is 0 Å². The Morgan fingerprint density at radius 2 is 0.800 bits per heavy atom. The fourth-order valence-electron chi connectivity index (χ4n) is 5.28. The molecule has 0 N–H and O–H groups in total. The minimum atomic E-state index is 0.0253. The summed E-state index contributed by atoms with van der Waals surface area (Å²) < 4.78 is 4.58. The Labute approximate surface area is 443 Å². The molecule has 3 saturated heterocycles. The van der Waals surface area contributed by atoms with E-state index in [0.29, 0.717) is 39.0 Å². The molecule has 0 radical (unpaired) electrons. The number of thiazole rings is 1. The molecule has 3 aromatic rings. The van der Waals surface area contributed by atoms with Crippen LogP contribution >= 0.6 is 22.7 Å². The topological polar surface area (TPSA) is 69.9 Å². The number of hydrogen-bond donors (Lipinski definition) is 0. The molecule has 0 saturated carbocycles. The zero-order chi connectivity index (χ0) is 55.3. The number of likely N-dealkylation sites (tertiary alicyclic amines) is 3. The van der Waals surface area contributed by atoms with E-state index in [1.165, 1.54) is 32.4 Å². The number of carbonyl (C=O) groups is 2. The number of thiophene rings is 1. The second kappa shape index (κ2) is 38.6. The molecule has 6 heterocycles. The number of furan rings is 1. The molecular weight excluding hydrogens is 901 g/mol. The second-order valence-electron chi connectivity index (χ2n) is 27.2. The summed E-state index contributed by atoms with van der Waals surface area (Å²) >= 11 is 3.31. The molecular formula is C61H114N4O3S2. The van der Waals surface area contributed by atoms with E-state index in [1.54, 1.807) is 46.9 Å². The van der Waals surface area contributed by atoms with E-state index in [2.05, 4.69) is 212 Å². The molecule has 3 aromatic heterocycles. The normalized spacial score (nSPS) is 15.5. The highest BCUT2D eigenvalue weighted by molar-refractivity contribution is 7.07. The van der Waals surface area contributed by atoms with Gasteiger partial charge < -0.3 is 14.2 Å². The van der Waals surface area contributed by atoms with Crippen molar-refractivity contribution in [2.45, 2.75) is 241 Å². The molecule has 1 aliphatic carbocycles. The zero-order valence-corrected chi connectivity index (χ0v) is 52.1. The number of hydrogen-bond acceptors (Lipinski definition) is 7. The molecule has 3 aliphatic heterocycles. The van der Waals surface area contributed by atoms with Gasteiger partial charge >= 0.3 is 0 Å². The molecule has 9 heteroatoms. The molecule has 0 spiro atoms. The number of allylic oxidation sites excluding steroid dienone is 4. The first kappa shape index (κ1) is 73.5. The second-order valence-corrected chi connectivity index (χ2v) is 28.8. The van der Waals surface area contributed by atoms with Gasteiger partial charge in [0.2, 0.25) is 11.8 Å². The fraction of sp³-hybridized carbons (Fsp3) is 0.721. The van der Waals surface area contributed by atoms with Crippen LogP contribution in [0.25, 0.3) is 0 Å². The van der Waals surface area contributed by atoms with Crippen molar-refractivity contribution in [3.8, 4) is 0 Å². The van der Waals surface area contributed by atoms with E-state index < -0.39 is 0 Å².